The lowest BCUT2D eigenvalue weighted by atomic mass is 10.1. The first-order valence-corrected chi connectivity index (χ1v) is 17.5. The Hall–Kier alpha value is -1.98. The molecule has 11 heteroatoms. The summed E-state index contributed by atoms with van der Waals surface area (Å²) >= 11 is 7.78. The molecule has 214 valence electrons. The summed E-state index contributed by atoms with van der Waals surface area (Å²) in [5.41, 5.74) is 8.42. The van der Waals surface area contributed by atoms with Gasteiger partial charge >= 0.3 is 0 Å². The minimum atomic E-state index is -0.648. The van der Waals surface area contributed by atoms with Crippen LogP contribution in [-0.4, -0.2) is 81.0 Å². The van der Waals surface area contributed by atoms with E-state index in [0.717, 1.165) is 54.0 Å². The number of nitrogens with zero attached hydrogens (tertiary/aromatic N) is 5. The fraction of sp³-hybridized carbons (Fsp3) is 0.500. The molecule has 1 unspecified atom stereocenters. The molecular formula is C28H41ClFN7S2. The first-order valence-electron chi connectivity index (χ1n) is 13.1. The standard InChI is InChI=1S/C28H41ClFN7S2/c1-19(2)16-37(17-20(3)31)10-9-22-14-27(33-18-32-22)34-26-15-25(23-13-21(29)7-8-24(23)30)35-36-28(26)38-11-12-39(4,5)6/h7-8,13-15,18-20H,9-12,16-17,31H2,1-6H3,(H,32,33,34,35). The Kier molecular flexibility index (Phi) is 11.8. The molecule has 3 N–H and O–H groups in total. The average Bonchev–Trinajstić information content (AvgIpc) is 2.84. The lowest BCUT2D eigenvalue weighted by molar-refractivity contribution is 0.236. The Morgan fingerprint density at radius 2 is 1.85 bits per heavy atom. The van der Waals surface area contributed by atoms with Crippen LogP contribution in [0.5, 0.6) is 0 Å². The summed E-state index contributed by atoms with van der Waals surface area (Å²) < 4.78 is 14.6. The quantitative estimate of drug-likeness (QED) is 0.217. The normalized spacial score (nSPS) is 13.2. The van der Waals surface area contributed by atoms with E-state index in [-0.39, 0.29) is 6.04 Å². The molecule has 39 heavy (non-hydrogen) atoms. The summed E-state index contributed by atoms with van der Waals surface area (Å²) in [6.45, 7) is 9.15. The third-order valence-electron chi connectivity index (χ3n) is 5.74. The van der Waals surface area contributed by atoms with Crippen molar-refractivity contribution in [1.29, 1.82) is 0 Å². The van der Waals surface area contributed by atoms with E-state index >= 15 is 0 Å². The second-order valence-corrected chi connectivity index (χ2v) is 17.2. The van der Waals surface area contributed by atoms with Crippen molar-refractivity contribution >= 4 is 44.9 Å². The first-order chi connectivity index (χ1) is 18.4. The molecule has 1 atom stereocenters. The van der Waals surface area contributed by atoms with Gasteiger partial charge in [-0.05, 0) is 61.6 Å². The molecule has 0 aliphatic rings. The van der Waals surface area contributed by atoms with Crippen LogP contribution < -0.4 is 11.1 Å². The van der Waals surface area contributed by atoms with E-state index < -0.39 is 15.8 Å². The number of anilines is 2. The second-order valence-electron chi connectivity index (χ2n) is 11.1. The van der Waals surface area contributed by atoms with Crippen LogP contribution in [-0.2, 0) is 6.42 Å². The summed E-state index contributed by atoms with van der Waals surface area (Å²) in [6, 6.07) is 8.29. The van der Waals surface area contributed by atoms with Gasteiger partial charge in [-0.1, -0.05) is 25.4 Å². The van der Waals surface area contributed by atoms with Crippen molar-refractivity contribution < 1.29 is 4.39 Å². The van der Waals surface area contributed by atoms with Crippen molar-refractivity contribution in [1.82, 2.24) is 25.1 Å². The fourth-order valence-corrected chi connectivity index (χ4v) is 7.05. The van der Waals surface area contributed by atoms with E-state index in [1.807, 2.05) is 19.1 Å². The summed E-state index contributed by atoms with van der Waals surface area (Å²) in [5, 5.41) is 13.4. The molecule has 3 rings (SSSR count). The maximum Gasteiger partial charge on any atom is 0.142 e. The Morgan fingerprint density at radius 1 is 1.08 bits per heavy atom. The molecule has 0 saturated carbocycles. The van der Waals surface area contributed by atoms with Gasteiger partial charge in [0.05, 0.1) is 11.4 Å². The van der Waals surface area contributed by atoms with E-state index in [2.05, 4.69) is 63.0 Å². The molecule has 0 aliphatic carbocycles. The number of halogens is 2. The molecule has 1 aromatic carbocycles. The SMILES string of the molecule is CC(C)CN(CCc1cc(Nc2cc(-c3cc(Cl)ccc3F)nnc2SCCS(C)(C)C)ncn1)CC(C)N. The summed E-state index contributed by atoms with van der Waals surface area (Å²) in [4.78, 5) is 11.3. The highest BCUT2D eigenvalue weighted by Gasteiger charge is 2.16. The zero-order valence-corrected chi connectivity index (χ0v) is 26.1. The summed E-state index contributed by atoms with van der Waals surface area (Å²) in [6.07, 6.45) is 9.23. The summed E-state index contributed by atoms with van der Waals surface area (Å²) in [5.74, 6) is 2.80. The highest BCUT2D eigenvalue weighted by molar-refractivity contribution is 8.32. The maximum atomic E-state index is 14.6. The lowest BCUT2D eigenvalue weighted by Crippen LogP contribution is -2.39. The zero-order valence-electron chi connectivity index (χ0n) is 23.7. The lowest BCUT2D eigenvalue weighted by Gasteiger charge is -2.25. The summed E-state index contributed by atoms with van der Waals surface area (Å²) in [7, 11) is -0.648. The average molecular weight is 594 g/mol. The Labute approximate surface area is 243 Å². The minimum Gasteiger partial charge on any atom is -0.338 e. The van der Waals surface area contributed by atoms with Gasteiger partial charge in [0.25, 0.3) is 0 Å². The minimum absolute atomic E-state index is 0.111. The molecule has 2 heterocycles. The van der Waals surface area contributed by atoms with E-state index in [1.54, 1.807) is 24.2 Å². The van der Waals surface area contributed by atoms with Crippen molar-refractivity contribution in [2.24, 2.45) is 11.7 Å². The second kappa shape index (κ2) is 14.6. The zero-order chi connectivity index (χ0) is 28.6. The molecule has 0 aliphatic heterocycles. The van der Waals surface area contributed by atoms with Gasteiger partial charge in [0.1, 0.15) is 23.0 Å². The van der Waals surface area contributed by atoms with Crippen molar-refractivity contribution in [3.8, 4) is 11.3 Å². The van der Waals surface area contributed by atoms with Crippen LogP contribution in [0.1, 0.15) is 26.5 Å². The van der Waals surface area contributed by atoms with Gasteiger partial charge < -0.3 is 16.0 Å². The largest absolute Gasteiger partial charge is 0.338 e. The first kappa shape index (κ1) is 31.5. The third kappa shape index (κ3) is 10.8. The molecular weight excluding hydrogens is 553 g/mol. The molecule has 0 amide bonds. The van der Waals surface area contributed by atoms with Crippen LogP contribution in [0.2, 0.25) is 5.02 Å². The molecule has 0 spiro atoms. The van der Waals surface area contributed by atoms with Crippen LogP contribution in [0.4, 0.5) is 15.9 Å². The van der Waals surface area contributed by atoms with Gasteiger partial charge in [-0.15, -0.1) is 22.0 Å². The van der Waals surface area contributed by atoms with Gasteiger partial charge in [0.2, 0.25) is 0 Å². The van der Waals surface area contributed by atoms with Gasteiger partial charge in [-0.2, -0.15) is 0 Å². The smallest absolute Gasteiger partial charge is 0.142 e. The highest BCUT2D eigenvalue weighted by Crippen LogP contribution is 2.38. The Balaban J connectivity index is 1.84. The number of nitrogens with one attached hydrogen (secondary N) is 1. The Morgan fingerprint density at radius 3 is 2.54 bits per heavy atom. The molecule has 7 nitrogen and oxygen atoms in total. The molecule has 0 saturated heterocycles. The number of thioether (sulfide) groups is 1. The van der Waals surface area contributed by atoms with Crippen molar-refractivity contribution in [3.63, 3.8) is 0 Å². The van der Waals surface area contributed by atoms with Crippen molar-refractivity contribution in [3.05, 3.63) is 53.2 Å². The molecule has 0 fully saturated rings. The fourth-order valence-electron chi connectivity index (χ4n) is 3.98. The molecule has 0 bridgehead atoms. The van der Waals surface area contributed by atoms with E-state index in [1.165, 1.54) is 12.1 Å². The van der Waals surface area contributed by atoms with Crippen LogP contribution in [0, 0.1) is 11.7 Å². The van der Waals surface area contributed by atoms with Gasteiger partial charge in [0.15, 0.2) is 0 Å². The number of aromatic nitrogens is 4. The highest BCUT2D eigenvalue weighted by atomic mass is 35.5. The number of nitrogens with two attached hydrogens (primary N) is 1. The van der Waals surface area contributed by atoms with Crippen LogP contribution in [0.15, 0.2) is 41.7 Å². The number of hydrogen-bond donors (Lipinski definition) is 2. The van der Waals surface area contributed by atoms with E-state index in [4.69, 9.17) is 17.3 Å². The van der Waals surface area contributed by atoms with Crippen LogP contribution in [0.3, 0.4) is 0 Å². The van der Waals surface area contributed by atoms with Gasteiger partial charge in [-0.3, -0.25) is 0 Å². The molecule has 3 aromatic rings. The maximum absolute atomic E-state index is 14.6. The number of rotatable bonds is 14. The number of benzene rings is 1. The topological polar surface area (TPSA) is 92.8 Å². The predicted molar refractivity (Wildman–Crippen MR) is 167 cm³/mol. The van der Waals surface area contributed by atoms with Gasteiger partial charge in [0, 0.05) is 60.2 Å². The van der Waals surface area contributed by atoms with Crippen LogP contribution in [0.25, 0.3) is 11.3 Å². The van der Waals surface area contributed by atoms with Gasteiger partial charge in [-0.25, -0.2) is 24.4 Å². The molecule has 2 aromatic heterocycles. The Bertz CT molecular complexity index is 1210. The van der Waals surface area contributed by atoms with Crippen molar-refractivity contribution in [2.45, 2.75) is 38.3 Å². The van der Waals surface area contributed by atoms with E-state index in [9.17, 15) is 4.39 Å². The number of hydrogen-bond acceptors (Lipinski definition) is 8. The monoisotopic (exact) mass is 593 g/mol. The molecule has 0 radical (unpaired) electrons. The van der Waals surface area contributed by atoms with Crippen LogP contribution >= 0.6 is 33.4 Å². The van der Waals surface area contributed by atoms with E-state index in [0.29, 0.717) is 28.0 Å². The van der Waals surface area contributed by atoms with Crippen molar-refractivity contribution in [2.75, 3.05) is 55.2 Å². The predicted octanol–water partition coefficient (Wildman–Crippen LogP) is 6.10. The third-order valence-corrected chi connectivity index (χ3v) is 8.64.